The van der Waals surface area contributed by atoms with E-state index in [4.69, 9.17) is 9.47 Å². The predicted molar refractivity (Wildman–Crippen MR) is 99.4 cm³/mol. The highest BCUT2D eigenvalue weighted by atomic mass is 16.5. The van der Waals surface area contributed by atoms with Crippen molar-refractivity contribution in [1.29, 1.82) is 0 Å². The molecule has 0 amide bonds. The molecular formula is C21H34O2. The van der Waals surface area contributed by atoms with Crippen molar-refractivity contribution in [2.24, 2.45) is 17.8 Å². The number of rotatable bonds is 10. The van der Waals surface area contributed by atoms with Crippen molar-refractivity contribution in [3.63, 3.8) is 0 Å². The first-order chi connectivity index (χ1) is 10.9. The maximum absolute atomic E-state index is 5.99. The van der Waals surface area contributed by atoms with Crippen LogP contribution < -0.4 is 9.47 Å². The van der Waals surface area contributed by atoms with Gasteiger partial charge in [-0.3, -0.25) is 0 Å². The van der Waals surface area contributed by atoms with Crippen LogP contribution in [0.4, 0.5) is 0 Å². The van der Waals surface area contributed by atoms with E-state index in [1.54, 1.807) is 0 Å². The summed E-state index contributed by atoms with van der Waals surface area (Å²) < 4.78 is 11.9. The topological polar surface area (TPSA) is 18.5 Å². The van der Waals surface area contributed by atoms with Crippen LogP contribution in [0.15, 0.2) is 30.4 Å². The van der Waals surface area contributed by atoms with Gasteiger partial charge < -0.3 is 9.47 Å². The zero-order valence-corrected chi connectivity index (χ0v) is 15.8. The van der Waals surface area contributed by atoms with E-state index in [9.17, 15) is 0 Å². The smallest absolute Gasteiger partial charge is 0.161 e. The zero-order chi connectivity index (χ0) is 17.2. The molecule has 0 aliphatic carbocycles. The number of ether oxygens (including phenoxy) is 2. The summed E-state index contributed by atoms with van der Waals surface area (Å²) in [6.45, 7) is 14.5. The third-order valence-corrected chi connectivity index (χ3v) is 3.41. The summed E-state index contributed by atoms with van der Waals surface area (Å²) in [7, 11) is 0. The van der Waals surface area contributed by atoms with E-state index in [1.165, 1.54) is 5.56 Å². The fourth-order valence-electron chi connectivity index (χ4n) is 2.23. The van der Waals surface area contributed by atoms with E-state index >= 15 is 0 Å². The second-order valence-electron chi connectivity index (χ2n) is 7.21. The first-order valence-electron chi connectivity index (χ1n) is 8.97. The zero-order valence-electron chi connectivity index (χ0n) is 15.8. The van der Waals surface area contributed by atoms with Crippen LogP contribution in [-0.2, 0) is 6.42 Å². The van der Waals surface area contributed by atoms with Crippen molar-refractivity contribution in [3.8, 4) is 11.5 Å². The number of benzene rings is 1. The van der Waals surface area contributed by atoms with Gasteiger partial charge in [0.1, 0.15) is 0 Å². The lowest BCUT2D eigenvalue weighted by Crippen LogP contribution is -2.09. The summed E-state index contributed by atoms with van der Waals surface area (Å²) in [6.07, 6.45) is 6.65. The number of allylic oxidation sites excluding steroid dienone is 2. The molecule has 0 saturated heterocycles. The molecule has 0 aromatic heterocycles. The van der Waals surface area contributed by atoms with Gasteiger partial charge in [-0.25, -0.2) is 0 Å². The lowest BCUT2D eigenvalue weighted by molar-refractivity contribution is 0.229. The van der Waals surface area contributed by atoms with Gasteiger partial charge in [-0.2, -0.15) is 0 Å². The van der Waals surface area contributed by atoms with Gasteiger partial charge in [-0.1, -0.05) is 59.8 Å². The molecule has 0 heterocycles. The van der Waals surface area contributed by atoms with Crippen molar-refractivity contribution >= 4 is 0 Å². The Morgan fingerprint density at radius 3 is 2.09 bits per heavy atom. The van der Waals surface area contributed by atoms with Gasteiger partial charge in [0.2, 0.25) is 0 Å². The Morgan fingerprint density at radius 2 is 1.52 bits per heavy atom. The fourth-order valence-corrected chi connectivity index (χ4v) is 2.23. The molecule has 0 spiro atoms. The van der Waals surface area contributed by atoms with Crippen LogP contribution in [0.1, 0.15) is 53.5 Å². The fraction of sp³-hybridized carbons (Fsp3) is 0.619. The third kappa shape index (κ3) is 8.11. The lowest BCUT2D eigenvalue weighted by atomic mass is 10.00. The average Bonchev–Trinajstić information content (AvgIpc) is 2.49. The monoisotopic (exact) mass is 318 g/mol. The Bertz CT molecular complexity index is 475. The van der Waals surface area contributed by atoms with Gasteiger partial charge in [0.25, 0.3) is 0 Å². The number of hydrogen-bond acceptors (Lipinski definition) is 2. The Kier molecular flexibility index (Phi) is 8.83. The standard InChI is InChI=1S/C21H34O2/c1-7-8-9-18(6)12-19-10-11-20(22-14-16(2)3)21(13-19)23-15-17(4)5/h8-11,13,16-18H,7,12,14-15H2,1-6H3/b9-8-. The summed E-state index contributed by atoms with van der Waals surface area (Å²) in [6, 6.07) is 6.37. The summed E-state index contributed by atoms with van der Waals surface area (Å²) in [5.74, 6) is 3.29. The molecular weight excluding hydrogens is 284 g/mol. The minimum atomic E-state index is 0.503. The van der Waals surface area contributed by atoms with Crippen LogP contribution in [0.25, 0.3) is 0 Å². The molecule has 1 aromatic carbocycles. The van der Waals surface area contributed by atoms with E-state index < -0.39 is 0 Å². The SMILES string of the molecule is CC/C=C\C(C)Cc1ccc(OCC(C)C)c(OCC(C)C)c1. The van der Waals surface area contributed by atoms with Gasteiger partial charge in [0, 0.05) is 0 Å². The van der Waals surface area contributed by atoms with Crippen molar-refractivity contribution in [2.45, 2.75) is 54.4 Å². The third-order valence-electron chi connectivity index (χ3n) is 3.41. The summed E-state index contributed by atoms with van der Waals surface area (Å²) >= 11 is 0. The Balaban J connectivity index is 2.84. The van der Waals surface area contributed by atoms with Gasteiger partial charge in [0.15, 0.2) is 11.5 Å². The van der Waals surface area contributed by atoms with Crippen molar-refractivity contribution in [3.05, 3.63) is 35.9 Å². The lowest BCUT2D eigenvalue weighted by Gasteiger charge is -2.17. The highest BCUT2D eigenvalue weighted by Crippen LogP contribution is 2.30. The van der Waals surface area contributed by atoms with Crippen LogP contribution >= 0.6 is 0 Å². The Morgan fingerprint density at radius 1 is 0.913 bits per heavy atom. The maximum atomic E-state index is 5.99. The van der Waals surface area contributed by atoms with Crippen LogP contribution in [-0.4, -0.2) is 13.2 Å². The van der Waals surface area contributed by atoms with E-state index in [1.807, 2.05) is 0 Å². The van der Waals surface area contributed by atoms with Crippen molar-refractivity contribution in [2.75, 3.05) is 13.2 Å². The summed E-state index contributed by atoms with van der Waals surface area (Å²) in [5.41, 5.74) is 1.30. The maximum Gasteiger partial charge on any atom is 0.161 e. The highest BCUT2D eigenvalue weighted by molar-refractivity contribution is 5.43. The van der Waals surface area contributed by atoms with Crippen molar-refractivity contribution in [1.82, 2.24) is 0 Å². The minimum Gasteiger partial charge on any atom is -0.489 e. The highest BCUT2D eigenvalue weighted by Gasteiger charge is 2.10. The second kappa shape index (κ2) is 10.4. The van der Waals surface area contributed by atoms with E-state index in [0.29, 0.717) is 31.0 Å². The van der Waals surface area contributed by atoms with E-state index in [2.05, 4.69) is 71.9 Å². The predicted octanol–water partition coefficient (Wildman–Crippen LogP) is 5.90. The number of hydrogen-bond donors (Lipinski definition) is 0. The largest absolute Gasteiger partial charge is 0.489 e. The van der Waals surface area contributed by atoms with Crippen LogP contribution in [0.3, 0.4) is 0 Å². The molecule has 0 N–H and O–H groups in total. The Hall–Kier alpha value is -1.44. The molecule has 0 aliphatic rings. The first kappa shape index (κ1) is 19.6. The molecule has 1 atom stereocenters. The molecule has 0 bridgehead atoms. The normalized spacial score (nSPS) is 13.0. The molecule has 2 nitrogen and oxygen atoms in total. The summed E-state index contributed by atoms with van der Waals surface area (Å²) in [4.78, 5) is 0. The molecule has 0 fully saturated rings. The Labute approximate surface area is 142 Å². The molecule has 1 unspecified atom stereocenters. The first-order valence-corrected chi connectivity index (χ1v) is 8.97. The molecule has 1 aromatic rings. The molecule has 0 radical (unpaired) electrons. The molecule has 2 heteroatoms. The minimum absolute atomic E-state index is 0.503. The van der Waals surface area contributed by atoms with Gasteiger partial charge in [-0.05, 0) is 48.3 Å². The van der Waals surface area contributed by atoms with E-state index in [0.717, 1.165) is 24.3 Å². The van der Waals surface area contributed by atoms with Crippen LogP contribution in [0.2, 0.25) is 0 Å². The van der Waals surface area contributed by atoms with Gasteiger partial charge >= 0.3 is 0 Å². The molecule has 130 valence electrons. The molecule has 23 heavy (non-hydrogen) atoms. The van der Waals surface area contributed by atoms with E-state index in [-0.39, 0.29) is 0 Å². The van der Waals surface area contributed by atoms with Crippen LogP contribution in [0, 0.1) is 17.8 Å². The molecule has 0 saturated carbocycles. The van der Waals surface area contributed by atoms with Gasteiger partial charge in [-0.15, -0.1) is 0 Å². The second-order valence-corrected chi connectivity index (χ2v) is 7.21. The molecule has 0 aliphatic heterocycles. The quantitative estimate of drug-likeness (QED) is 0.500. The van der Waals surface area contributed by atoms with Crippen LogP contribution in [0.5, 0.6) is 11.5 Å². The van der Waals surface area contributed by atoms with Gasteiger partial charge in [0.05, 0.1) is 13.2 Å². The average molecular weight is 319 g/mol. The molecule has 1 rings (SSSR count). The van der Waals surface area contributed by atoms with Crippen molar-refractivity contribution < 1.29 is 9.47 Å². The summed E-state index contributed by atoms with van der Waals surface area (Å²) in [5, 5.41) is 0.